The fourth-order valence-electron chi connectivity index (χ4n) is 1.35. The molecule has 1 atom stereocenters. The van der Waals surface area contributed by atoms with Crippen molar-refractivity contribution in [2.24, 2.45) is 5.92 Å². The third kappa shape index (κ3) is 3.61. The number of carboxylic acids is 1. The maximum Gasteiger partial charge on any atom is 0.433 e. The van der Waals surface area contributed by atoms with Crippen molar-refractivity contribution < 1.29 is 23.1 Å². The maximum atomic E-state index is 12.4. The molecule has 7 heteroatoms. The first kappa shape index (κ1) is 14.3. The smallest absolute Gasteiger partial charge is 0.433 e. The molecule has 0 aromatic carbocycles. The van der Waals surface area contributed by atoms with E-state index in [0.29, 0.717) is 0 Å². The molecule has 1 aromatic rings. The number of hydrogen-bond donors (Lipinski definition) is 2. The molecule has 18 heavy (non-hydrogen) atoms. The van der Waals surface area contributed by atoms with Crippen LogP contribution in [0.5, 0.6) is 0 Å². The summed E-state index contributed by atoms with van der Waals surface area (Å²) >= 11 is 0. The van der Waals surface area contributed by atoms with Gasteiger partial charge in [0.05, 0.1) is 0 Å². The van der Waals surface area contributed by atoms with Gasteiger partial charge in [-0.25, -0.2) is 9.78 Å². The Kier molecular flexibility index (Phi) is 4.15. The molecule has 0 saturated carbocycles. The number of nitrogens with zero attached hydrogens (tertiary/aromatic N) is 1. The highest BCUT2D eigenvalue weighted by Crippen LogP contribution is 2.28. The standard InChI is InChI=1S/C11H13F3N2O2/c1-6(2)9(10(17)18)16-8-5-3-4-7(15-8)11(12,13)14/h3-6,9H,1-2H3,(H,15,16)(H,17,18)/t9-/m0/s1. The summed E-state index contributed by atoms with van der Waals surface area (Å²) in [6, 6.07) is 2.32. The topological polar surface area (TPSA) is 62.2 Å². The van der Waals surface area contributed by atoms with Crippen LogP contribution < -0.4 is 5.32 Å². The first-order chi connectivity index (χ1) is 8.21. The van der Waals surface area contributed by atoms with Gasteiger partial charge in [-0.05, 0) is 18.1 Å². The second-order valence-corrected chi connectivity index (χ2v) is 4.11. The van der Waals surface area contributed by atoms with Crippen LogP contribution in [0.2, 0.25) is 0 Å². The van der Waals surface area contributed by atoms with E-state index >= 15 is 0 Å². The Morgan fingerprint density at radius 3 is 2.44 bits per heavy atom. The summed E-state index contributed by atoms with van der Waals surface area (Å²) in [6.45, 7) is 3.30. The highest BCUT2D eigenvalue weighted by molar-refractivity contribution is 5.77. The number of halogens is 3. The van der Waals surface area contributed by atoms with E-state index < -0.39 is 23.9 Å². The molecule has 0 bridgehead atoms. The van der Waals surface area contributed by atoms with Crippen molar-refractivity contribution in [3.63, 3.8) is 0 Å². The molecule has 0 aliphatic rings. The molecule has 0 radical (unpaired) electrons. The molecule has 2 N–H and O–H groups in total. The number of nitrogens with one attached hydrogen (secondary N) is 1. The number of alkyl halides is 3. The SMILES string of the molecule is CC(C)[C@H](Nc1cccc(C(F)(F)F)n1)C(=O)O. The van der Waals surface area contributed by atoms with Crippen LogP contribution >= 0.6 is 0 Å². The van der Waals surface area contributed by atoms with Gasteiger partial charge in [0.1, 0.15) is 17.6 Å². The fraction of sp³-hybridized carbons (Fsp3) is 0.455. The molecular formula is C11H13F3N2O2. The molecule has 100 valence electrons. The summed E-state index contributed by atoms with van der Waals surface area (Å²) in [4.78, 5) is 14.3. The van der Waals surface area contributed by atoms with Crippen LogP contribution in [0, 0.1) is 5.92 Å². The Morgan fingerprint density at radius 2 is 2.00 bits per heavy atom. The summed E-state index contributed by atoms with van der Waals surface area (Å²) in [6.07, 6.45) is -4.55. The Morgan fingerprint density at radius 1 is 1.39 bits per heavy atom. The average molecular weight is 262 g/mol. The number of aromatic nitrogens is 1. The lowest BCUT2D eigenvalue weighted by Crippen LogP contribution is -2.34. The lowest BCUT2D eigenvalue weighted by Gasteiger charge is -2.19. The van der Waals surface area contributed by atoms with Crippen LogP contribution in [-0.4, -0.2) is 22.1 Å². The second kappa shape index (κ2) is 5.24. The maximum absolute atomic E-state index is 12.4. The van der Waals surface area contributed by atoms with Crippen molar-refractivity contribution in [2.45, 2.75) is 26.1 Å². The Balaban J connectivity index is 2.94. The summed E-state index contributed by atoms with van der Waals surface area (Å²) in [5, 5.41) is 11.4. The Bertz CT molecular complexity index is 433. The molecule has 0 unspecified atom stereocenters. The Labute approximate surface area is 102 Å². The molecule has 0 saturated heterocycles. The van der Waals surface area contributed by atoms with Crippen LogP contribution in [0.1, 0.15) is 19.5 Å². The van der Waals surface area contributed by atoms with E-state index in [9.17, 15) is 18.0 Å². The van der Waals surface area contributed by atoms with Gasteiger partial charge in [-0.15, -0.1) is 0 Å². The van der Waals surface area contributed by atoms with E-state index in [1.54, 1.807) is 13.8 Å². The van der Waals surface area contributed by atoms with Gasteiger partial charge in [-0.2, -0.15) is 13.2 Å². The number of hydrogen-bond acceptors (Lipinski definition) is 3. The number of pyridine rings is 1. The molecule has 0 aliphatic carbocycles. The van der Waals surface area contributed by atoms with Gasteiger partial charge in [-0.1, -0.05) is 19.9 Å². The minimum absolute atomic E-state index is 0.106. The summed E-state index contributed by atoms with van der Waals surface area (Å²) in [5.74, 6) is -1.52. The van der Waals surface area contributed by atoms with Crippen molar-refractivity contribution in [3.8, 4) is 0 Å². The van der Waals surface area contributed by atoms with E-state index in [1.807, 2.05) is 0 Å². The minimum atomic E-state index is -4.55. The molecule has 1 aromatic heterocycles. The lowest BCUT2D eigenvalue weighted by atomic mass is 10.1. The minimum Gasteiger partial charge on any atom is -0.480 e. The van der Waals surface area contributed by atoms with Crippen LogP contribution in [0.25, 0.3) is 0 Å². The van der Waals surface area contributed by atoms with Crippen molar-refractivity contribution in [2.75, 3.05) is 5.32 Å². The van der Waals surface area contributed by atoms with Crippen LogP contribution in [0.15, 0.2) is 18.2 Å². The van der Waals surface area contributed by atoms with E-state index in [1.165, 1.54) is 12.1 Å². The zero-order valence-corrected chi connectivity index (χ0v) is 9.82. The van der Waals surface area contributed by atoms with Gasteiger partial charge in [0.2, 0.25) is 0 Å². The van der Waals surface area contributed by atoms with Gasteiger partial charge in [0, 0.05) is 0 Å². The number of aliphatic carboxylic acids is 1. The van der Waals surface area contributed by atoms with Gasteiger partial charge < -0.3 is 10.4 Å². The van der Waals surface area contributed by atoms with Crippen molar-refractivity contribution in [1.29, 1.82) is 0 Å². The van der Waals surface area contributed by atoms with Gasteiger partial charge in [-0.3, -0.25) is 0 Å². The summed E-state index contributed by atoms with van der Waals surface area (Å²) in [5.41, 5.74) is -1.06. The zero-order chi connectivity index (χ0) is 13.9. The molecule has 0 amide bonds. The third-order valence-corrected chi connectivity index (χ3v) is 2.28. The summed E-state index contributed by atoms with van der Waals surface area (Å²) < 4.78 is 37.2. The largest absolute Gasteiger partial charge is 0.480 e. The first-order valence-corrected chi connectivity index (χ1v) is 5.25. The van der Waals surface area contributed by atoms with E-state index in [4.69, 9.17) is 5.11 Å². The van der Waals surface area contributed by atoms with Crippen molar-refractivity contribution in [1.82, 2.24) is 4.98 Å². The fourth-order valence-corrected chi connectivity index (χ4v) is 1.35. The van der Waals surface area contributed by atoms with Gasteiger partial charge >= 0.3 is 12.1 Å². The molecule has 0 aliphatic heterocycles. The molecule has 0 fully saturated rings. The summed E-state index contributed by atoms with van der Waals surface area (Å²) in [7, 11) is 0. The first-order valence-electron chi connectivity index (χ1n) is 5.25. The van der Waals surface area contributed by atoms with Crippen LogP contribution in [0.3, 0.4) is 0 Å². The highest BCUT2D eigenvalue weighted by atomic mass is 19.4. The van der Waals surface area contributed by atoms with Gasteiger partial charge in [0.25, 0.3) is 0 Å². The average Bonchev–Trinajstić information content (AvgIpc) is 2.24. The quantitative estimate of drug-likeness (QED) is 0.875. The van der Waals surface area contributed by atoms with E-state index in [0.717, 1.165) is 6.07 Å². The third-order valence-electron chi connectivity index (χ3n) is 2.28. The number of carbonyl (C=O) groups is 1. The molecule has 1 heterocycles. The van der Waals surface area contributed by atoms with Crippen molar-refractivity contribution >= 4 is 11.8 Å². The predicted octanol–water partition coefficient (Wildman–Crippen LogP) is 2.62. The van der Waals surface area contributed by atoms with E-state index in [2.05, 4.69) is 10.3 Å². The number of rotatable bonds is 4. The normalized spacial score (nSPS) is 13.4. The monoisotopic (exact) mass is 262 g/mol. The van der Waals surface area contributed by atoms with Crippen LogP contribution in [-0.2, 0) is 11.0 Å². The zero-order valence-electron chi connectivity index (χ0n) is 9.82. The molecule has 4 nitrogen and oxygen atoms in total. The number of carboxylic acid groups (broad SMARTS) is 1. The number of anilines is 1. The van der Waals surface area contributed by atoms with E-state index in [-0.39, 0.29) is 11.7 Å². The second-order valence-electron chi connectivity index (χ2n) is 4.11. The Hall–Kier alpha value is -1.79. The van der Waals surface area contributed by atoms with Crippen molar-refractivity contribution in [3.05, 3.63) is 23.9 Å². The lowest BCUT2D eigenvalue weighted by molar-refractivity contribution is -0.141. The highest BCUT2D eigenvalue weighted by Gasteiger charge is 2.32. The predicted molar refractivity (Wildman–Crippen MR) is 59.1 cm³/mol. The molecule has 0 spiro atoms. The van der Waals surface area contributed by atoms with Crippen LogP contribution in [0.4, 0.5) is 19.0 Å². The molecule has 1 rings (SSSR count). The molecular weight excluding hydrogens is 249 g/mol. The van der Waals surface area contributed by atoms with Gasteiger partial charge in [0.15, 0.2) is 0 Å².